The molecule has 0 radical (unpaired) electrons. The standard InChI is InChI=1S/C19H19ClN2S/c1-13-17(10-7-15(12-21)19(13)20)22-11-3-4-18(22)14-5-8-16(23-2)9-6-14/h5-10,18H,3-4,11H2,1-2H3. The van der Waals surface area contributed by atoms with Gasteiger partial charge in [-0.15, -0.1) is 11.8 Å². The molecule has 0 aliphatic carbocycles. The maximum atomic E-state index is 9.13. The summed E-state index contributed by atoms with van der Waals surface area (Å²) in [5, 5.41) is 9.71. The van der Waals surface area contributed by atoms with Gasteiger partial charge in [-0.3, -0.25) is 0 Å². The Hall–Kier alpha value is -1.63. The molecule has 1 saturated heterocycles. The molecule has 0 spiro atoms. The van der Waals surface area contributed by atoms with E-state index >= 15 is 0 Å². The van der Waals surface area contributed by atoms with Crippen molar-refractivity contribution >= 4 is 29.1 Å². The lowest BCUT2D eigenvalue weighted by Crippen LogP contribution is -2.23. The lowest BCUT2D eigenvalue weighted by Gasteiger charge is -2.29. The molecule has 1 atom stereocenters. The number of hydrogen-bond acceptors (Lipinski definition) is 3. The monoisotopic (exact) mass is 342 g/mol. The van der Waals surface area contributed by atoms with Crippen molar-refractivity contribution in [3.8, 4) is 6.07 Å². The minimum atomic E-state index is 0.383. The summed E-state index contributed by atoms with van der Waals surface area (Å²) in [6.07, 6.45) is 4.42. The normalized spacial score (nSPS) is 17.3. The van der Waals surface area contributed by atoms with Crippen molar-refractivity contribution in [2.75, 3.05) is 17.7 Å². The van der Waals surface area contributed by atoms with E-state index in [1.54, 1.807) is 11.8 Å². The smallest absolute Gasteiger partial charge is 0.101 e. The van der Waals surface area contributed by atoms with E-state index in [9.17, 15) is 0 Å². The Balaban J connectivity index is 1.95. The minimum absolute atomic E-state index is 0.383. The number of nitrogens with zero attached hydrogens (tertiary/aromatic N) is 2. The molecule has 2 aromatic carbocycles. The second-order valence-corrected chi connectivity index (χ2v) is 7.07. The molecule has 4 heteroatoms. The highest BCUT2D eigenvalue weighted by molar-refractivity contribution is 7.98. The van der Waals surface area contributed by atoms with Crippen LogP contribution in [-0.4, -0.2) is 12.8 Å². The van der Waals surface area contributed by atoms with E-state index in [-0.39, 0.29) is 0 Å². The molecule has 3 rings (SSSR count). The molecule has 2 nitrogen and oxygen atoms in total. The first kappa shape index (κ1) is 16.2. The van der Waals surface area contributed by atoms with Crippen molar-refractivity contribution < 1.29 is 0 Å². The van der Waals surface area contributed by atoms with Gasteiger partial charge in [0.2, 0.25) is 0 Å². The summed E-state index contributed by atoms with van der Waals surface area (Å²) in [5.41, 5.74) is 4.04. The summed E-state index contributed by atoms with van der Waals surface area (Å²) in [6.45, 7) is 3.03. The van der Waals surface area contributed by atoms with Crippen LogP contribution in [0, 0.1) is 18.3 Å². The Morgan fingerprint density at radius 2 is 1.96 bits per heavy atom. The Labute approximate surface area is 147 Å². The van der Waals surface area contributed by atoms with Crippen LogP contribution in [0.2, 0.25) is 5.02 Å². The van der Waals surface area contributed by atoms with Gasteiger partial charge in [-0.25, -0.2) is 0 Å². The first-order valence-corrected chi connectivity index (χ1v) is 9.35. The van der Waals surface area contributed by atoms with Crippen molar-refractivity contribution in [1.29, 1.82) is 5.26 Å². The summed E-state index contributed by atoms with van der Waals surface area (Å²) >= 11 is 8.12. The van der Waals surface area contributed by atoms with E-state index in [2.05, 4.69) is 41.5 Å². The third-order valence-corrected chi connectivity index (χ3v) is 5.77. The zero-order valence-corrected chi connectivity index (χ0v) is 14.9. The van der Waals surface area contributed by atoms with Gasteiger partial charge in [0, 0.05) is 17.1 Å². The highest BCUT2D eigenvalue weighted by atomic mass is 35.5. The van der Waals surface area contributed by atoms with Crippen LogP contribution in [0.3, 0.4) is 0 Å². The third-order valence-electron chi connectivity index (χ3n) is 4.54. The molecule has 0 aromatic heterocycles. The van der Waals surface area contributed by atoms with E-state index in [1.807, 2.05) is 19.1 Å². The van der Waals surface area contributed by atoms with Crippen molar-refractivity contribution in [3.63, 3.8) is 0 Å². The van der Waals surface area contributed by atoms with Gasteiger partial charge in [-0.05, 0) is 61.4 Å². The SMILES string of the molecule is CSc1ccc(C2CCCN2c2ccc(C#N)c(Cl)c2C)cc1. The summed E-state index contributed by atoms with van der Waals surface area (Å²) < 4.78 is 0. The lowest BCUT2D eigenvalue weighted by molar-refractivity contribution is 0.717. The Kier molecular flexibility index (Phi) is 4.84. The van der Waals surface area contributed by atoms with Crippen LogP contribution in [0.1, 0.15) is 35.6 Å². The van der Waals surface area contributed by atoms with Gasteiger partial charge in [0.05, 0.1) is 16.6 Å². The number of halogens is 1. The molecule has 1 aliphatic rings. The molecule has 0 amide bonds. The second-order valence-electron chi connectivity index (χ2n) is 5.81. The predicted octanol–water partition coefficient (Wildman–Crippen LogP) is 5.58. The molecule has 1 fully saturated rings. The quantitative estimate of drug-likeness (QED) is 0.681. The number of thioether (sulfide) groups is 1. The van der Waals surface area contributed by atoms with Gasteiger partial charge in [0.1, 0.15) is 6.07 Å². The van der Waals surface area contributed by atoms with Crippen LogP contribution >= 0.6 is 23.4 Å². The maximum Gasteiger partial charge on any atom is 0.101 e. The molecule has 2 aromatic rings. The number of benzene rings is 2. The molecule has 0 saturated carbocycles. The number of rotatable bonds is 3. The molecule has 23 heavy (non-hydrogen) atoms. The van der Waals surface area contributed by atoms with Gasteiger partial charge in [-0.2, -0.15) is 5.26 Å². The molecule has 0 N–H and O–H groups in total. The van der Waals surface area contributed by atoms with E-state index in [4.69, 9.17) is 16.9 Å². The van der Waals surface area contributed by atoms with Gasteiger partial charge in [0.25, 0.3) is 0 Å². The van der Waals surface area contributed by atoms with Crippen molar-refractivity contribution in [3.05, 3.63) is 58.1 Å². The highest BCUT2D eigenvalue weighted by Crippen LogP contribution is 2.40. The molecule has 1 unspecified atom stereocenters. The first-order chi connectivity index (χ1) is 11.2. The molecule has 118 valence electrons. The lowest BCUT2D eigenvalue weighted by atomic mass is 10.0. The highest BCUT2D eigenvalue weighted by Gasteiger charge is 2.28. The summed E-state index contributed by atoms with van der Waals surface area (Å²) in [5.74, 6) is 0. The molecular weight excluding hydrogens is 324 g/mol. The molecule has 0 bridgehead atoms. The first-order valence-electron chi connectivity index (χ1n) is 7.75. The van der Waals surface area contributed by atoms with E-state index < -0.39 is 0 Å². The van der Waals surface area contributed by atoms with Crippen LogP contribution in [0.15, 0.2) is 41.3 Å². The zero-order chi connectivity index (χ0) is 16.4. The van der Waals surface area contributed by atoms with Crippen molar-refractivity contribution in [1.82, 2.24) is 0 Å². The van der Waals surface area contributed by atoms with Crippen LogP contribution in [0.5, 0.6) is 0 Å². The molecular formula is C19H19ClN2S. The fourth-order valence-corrected chi connectivity index (χ4v) is 3.91. The summed E-state index contributed by atoms with van der Waals surface area (Å²) in [4.78, 5) is 3.71. The fourth-order valence-electron chi connectivity index (χ4n) is 3.30. The van der Waals surface area contributed by atoms with Crippen LogP contribution in [0.25, 0.3) is 0 Å². The largest absolute Gasteiger partial charge is 0.364 e. The topological polar surface area (TPSA) is 27.0 Å². The predicted molar refractivity (Wildman–Crippen MR) is 98.4 cm³/mol. The average molecular weight is 343 g/mol. The third kappa shape index (κ3) is 3.06. The van der Waals surface area contributed by atoms with E-state index in [0.717, 1.165) is 24.2 Å². The van der Waals surface area contributed by atoms with Gasteiger partial charge in [0.15, 0.2) is 0 Å². The van der Waals surface area contributed by atoms with E-state index in [0.29, 0.717) is 16.6 Å². The van der Waals surface area contributed by atoms with Crippen LogP contribution < -0.4 is 4.90 Å². The second kappa shape index (κ2) is 6.86. The molecule has 1 heterocycles. The zero-order valence-electron chi connectivity index (χ0n) is 13.3. The van der Waals surface area contributed by atoms with Gasteiger partial charge >= 0.3 is 0 Å². The van der Waals surface area contributed by atoms with Gasteiger partial charge < -0.3 is 4.90 Å². The van der Waals surface area contributed by atoms with Gasteiger partial charge in [-0.1, -0.05) is 23.7 Å². The van der Waals surface area contributed by atoms with E-state index in [1.165, 1.54) is 16.9 Å². The number of hydrogen-bond donors (Lipinski definition) is 0. The Morgan fingerprint density at radius 3 is 2.61 bits per heavy atom. The Bertz CT molecular complexity index is 749. The fraction of sp³-hybridized carbons (Fsp3) is 0.316. The van der Waals surface area contributed by atoms with Crippen molar-refractivity contribution in [2.24, 2.45) is 0 Å². The number of nitriles is 1. The average Bonchev–Trinajstić information content (AvgIpc) is 3.06. The summed E-state index contributed by atoms with van der Waals surface area (Å²) in [6, 6.07) is 15.2. The van der Waals surface area contributed by atoms with Crippen LogP contribution in [0.4, 0.5) is 5.69 Å². The minimum Gasteiger partial charge on any atom is -0.364 e. The maximum absolute atomic E-state index is 9.13. The molecule has 1 aliphatic heterocycles. The van der Waals surface area contributed by atoms with Crippen molar-refractivity contribution in [2.45, 2.75) is 30.7 Å². The number of anilines is 1. The Morgan fingerprint density at radius 1 is 1.22 bits per heavy atom. The van der Waals surface area contributed by atoms with Crippen LogP contribution in [-0.2, 0) is 0 Å². The summed E-state index contributed by atoms with van der Waals surface area (Å²) in [7, 11) is 0.